The molecule has 1 heterocycles. The van der Waals surface area contributed by atoms with E-state index >= 15 is 0 Å². The number of carboxylic acids is 1. The third kappa shape index (κ3) is 5.89. The highest BCUT2D eigenvalue weighted by Crippen LogP contribution is 2.66. The van der Waals surface area contributed by atoms with Crippen LogP contribution in [0.25, 0.3) is 0 Å². The van der Waals surface area contributed by atoms with Crippen LogP contribution in [0.2, 0.25) is 0 Å². The number of ether oxygens (including phenoxy) is 3. The topological polar surface area (TPSA) is 154 Å². The first kappa shape index (κ1) is 34.8. The Balaban J connectivity index is 1.50. The molecule has 2 N–H and O–H groups in total. The monoisotopic (exact) mass is 646 g/mol. The second-order valence-electron chi connectivity index (χ2n) is 16.3. The second kappa shape index (κ2) is 12.8. The molecule has 0 spiro atoms. The van der Waals surface area contributed by atoms with Crippen LogP contribution >= 0.6 is 0 Å². The lowest BCUT2D eigenvalue weighted by atomic mass is 9.41. The molecule has 1 saturated heterocycles. The van der Waals surface area contributed by atoms with Gasteiger partial charge in [-0.05, 0) is 113 Å². The van der Waals surface area contributed by atoms with Crippen LogP contribution in [0.4, 0.5) is 0 Å². The molecule has 6 aliphatic carbocycles. The summed E-state index contributed by atoms with van der Waals surface area (Å²) in [5.41, 5.74) is -1.22. The Morgan fingerprint density at radius 1 is 0.848 bits per heavy atom. The van der Waals surface area contributed by atoms with Gasteiger partial charge < -0.3 is 24.4 Å². The summed E-state index contributed by atoms with van der Waals surface area (Å²) in [5.74, 6) is -7.61. The van der Waals surface area contributed by atoms with Gasteiger partial charge in [0.2, 0.25) is 0 Å². The summed E-state index contributed by atoms with van der Waals surface area (Å²) < 4.78 is 16.9. The number of fused-ring (bicyclic) bond motifs is 7. The Bertz CT molecular complexity index is 1210. The third-order valence-electron chi connectivity index (χ3n) is 13.2. The molecule has 7 aliphatic rings. The standard InChI is InChI=1S/C36H54O10/c1-8-36(9-2,15-37)16-44-33(42)29-20-12-13-22(28(29)30(38)39)24(17(20)3)26-19-10-11-21(23(14-19)32(41)46-35(5,6)7)27(26)25-18(4)31(40)45-34(25)43/h17-29,37H,8-16H2,1-7H3,(H,38,39). The molecule has 13 atom stereocenters. The summed E-state index contributed by atoms with van der Waals surface area (Å²) in [5, 5.41) is 20.7. The molecular weight excluding hydrogens is 592 g/mol. The minimum Gasteiger partial charge on any atom is -0.481 e. The lowest BCUT2D eigenvalue weighted by Gasteiger charge is -2.63. The number of carboxylic acid groups (broad SMARTS) is 1. The van der Waals surface area contributed by atoms with Crippen LogP contribution in [0.3, 0.4) is 0 Å². The summed E-state index contributed by atoms with van der Waals surface area (Å²) in [6.45, 7) is 13.2. The smallest absolute Gasteiger partial charge is 0.317 e. The molecule has 7 rings (SSSR count). The van der Waals surface area contributed by atoms with Crippen LogP contribution < -0.4 is 0 Å². The highest BCUT2D eigenvalue weighted by molar-refractivity contribution is 5.96. The number of carbonyl (C=O) groups is 5. The maximum absolute atomic E-state index is 13.8. The molecule has 10 nitrogen and oxygen atoms in total. The highest BCUT2D eigenvalue weighted by atomic mass is 16.6. The SMILES string of the molecule is CCC(CC)(CO)COC(=O)C1C2CCC(C1C(=O)O)C(C1C3CCC(C(C(=O)OC(C)(C)C)C3)C1C1C(=O)OC(=O)C1C)C2C. The van der Waals surface area contributed by atoms with Gasteiger partial charge in [0.05, 0.1) is 42.8 Å². The number of cyclic esters (lactones) is 2. The van der Waals surface area contributed by atoms with Gasteiger partial charge in [0.25, 0.3) is 0 Å². The summed E-state index contributed by atoms with van der Waals surface area (Å²) in [7, 11) is 0. The second-order valence-corrected chi connectivity index (χ2v) is 16.3. The fraction of sp³-hybridized carbons (Fsp3) is 0.861. The van der Waals surface area contributed by atoms with Gasteiger partial charge in [-0.2, -0.15) is 0 Å². The molecule has 10 heteroatoms. The fourth-order valence-electron chi connectivity index (χ4n) is 10.8. The van der Waals surface area contributed by atoms with Crippen LogP contribution in [0.15, 0.2) is 0 Å². The van der Waals surface area contributed by atoms with Crippen molar-refractivity contribution in [1.82, 2.24) is 0 Å². The molecule has 46 heavy (non-hydrogen) atoms. The zero-order valence-electron chi connectivity index (χ0n) is 28.5. The number of hydrogen-bond donors (Lipinski definition) is 2. The van der Waals surface area contributed by atoms with E-state index < -0.39 is 64.5 Å². The Kier molecular flexibility index (Phi) is 9.73. The van der Waals surface area contributed by atoms with Crippen molar-refractivity contribution >= 4 is 29.8 Å². The average molecular weight is 647 g/mol. The van der Waals surface area contributed by atoms with Gasteiger partial charge in [-0.15, -0.1) is 0 Å². The molecule has 7 fully saturated rings. The average Bonchev–Trinajstić information content (AvgIpc) is 3.26. The Hall–Kier alpha value is -2.49. The molecule has 0 aromatic carbocycles. The van der Waals surface area contributed by atoms with Crippen molar-refractivity contribution in [1.29, 1.82) is 0 Å². The van der Waals surface area contributed by atoms with Gasteiger partial charge in [-0.3, -0.25) is 24.0 Å². The molecule has 6 saturated carbocycles. The number of carbonyl (C=O) groups excluding carboxylic acids is 4. The van der Waals surface area contributed by atoms with E-state index in [4.69, 9.17) is 14.2 Å². The van der Waals surface area contributed by atoms with E-state index in [1.54, 1.807) is 6.92 Å². The van der Waals surface area contributed by atoms with Gasteiger partial charge in [0, 0.05) is 5.41 Å². The number of aliphatic carboxylic acids is 1. The maximum atomic E-state index is 13.8. The number of rotatable bonds is 10. The normalized spacial score (nSPS) is 40.5. The summed E-state index contributed by atoms with van der Waals surface area (Å²) in [4.78, 5) is 66.4. The molecule has 0 amide bonds. The van der Waals surface area contributed by atoms with E-state index in [0.717, 1.165) is 12.8 Å². The van der Waals surface area contributed by atoms with Crippen LogP contribution in [0.5, 0.6) is 0 Å². The van der Waals surface area contributed by atoms with E-state index in [9.17, 15) is 34.2 Å². The molecule has 0 aromatic rings. The lowest BCUT2D eigenvalue weighted by Crippen LogP contribution is -2.62. The molecule has 258 valence electrons. The lowest BCUT2D eigenvalue weighted by molar-refractivity contribution is -0.201. The van der Waals surface area contributed by atoms with Crippen molar-refractivity contribution in [2.75, 3.05) is 13.2 Å². The summed E-state index contributed by atoms with van der Waals surface area (Å²) >= 11 is 0. The van der Waals surface area contributed by atoms with Gasteiger partial charge in [-0.25, -0.2) is 0 Å². The van der Waals surface area contributed by atoms with Crippen molar-refractivity contribution in [3.63, 3.8) is 0 Å². The Labute approximate surface area is 272 Å². The van der Waals surface area contributed by atoms with Gasteiger partial charge in [0.1, 0.15) is 5.60 Å². The van der Waals surface area contributed by atoms with E-state index in [-0.39, 0.29) is 66.5 Å². The highest BCUT2D eigenvalue weighted by Gasteiger charge is 2.66. The van der Waals surface area contributed by atoms with Crippen molar-refractivity contribution in [3.8, 4) is 0 Å². The number of esters is 4. The van der Waals surface area contributed by atoms with E-state index in [1.807, 2.05) is 34.6 Å². The van der Waals surface area contributed by atoms with Crippen LogP contribution in [0, 0.1) is 82.3 Å². The van der Waals surface area contributed by atoms with Gasteiger partial charge in [-0.1, -0.05) is 27.7 Å². The quantitative estimate of drug-likeness (QED) is 0.190. The largest absolute Gasteiger partial charge is 0.481 e. The number of aliphatic hydroxyl groups is 1. The van der Waals surface area contributed by atoms with E-state index in [1.165, 1.54) is 0 Å². The molecule has 4 bridgehead atoms. The fourth-order valence-corrected chi connectivity index (χ4v) is 10.8. The first-order valence-corrected chi connectivity index (χ1v) is 17.6. The number of hydrogen-bond acceptors (Lipinski definition) is 9. The van der Waals surface area contributed by atoms with Gasteiger partial charge in [0.15, 0.2) is 0 Å². The van der Waals surface area contributed by atoms with E-state index in [0.29, 0.717) is 32.1 Å². The molecule has 13 unspecified atom stereocenters. The van der Waals surface area contributed by atoms with Crippen molar-refractivity contribution in [2.45, 2.75) is 99.0 Å². The first-order chi connectivity index (χ1) is 21.6. The molecule has 0 radical (unpaired) electrons. The summed E-state index contributed by atoms with van der Waals surface area (Å²) in [6, 6.07) is 0. The maximum Gasteiger partial charge on any atom is 0.317 e. The molecular formula is C36H54O10. The first-order valence-electron chi connectivity index (χ1n) is 17.6. The Morgan fingerprint density at radius 3 is 2.02 bits per heavy atom. The zero-order valence-corrected chi connectivity index (χ0v) is 28.5. The van der Waals surface area contributed by atoms with Crippen molar-refractivity contribution in [2.24, 2.45) is 82.3 Å². The molecule has 1 aliphatic heterocycles. The predicted octanol–water partition coefficient (Wildman–Crippen LogP) is 4.89. The Morgan fingerprint density at radius 2 is 1.48 bits per heavy atom. The third-order valence-corrected chi connectivity index (χ3v) is 13.2. The van der Waals surface area contributed by atoms with Crippen LogP contribution in [0.1, 0.15) is 93.4 Å². The van der Waals surface area contributed by atoms with Crippen LogP contribution in [-0.4, -0.2) is 58.9 Å². The minimum atomic E-state index is -1.01. The van der Waals surface area contributed by atoms with Gasteiger partial charge >= 0.3 is 29.8 Å². The van der Waals surface area contributed by atoms with E-state index in [2.05, 4.69) is 6.92 Å². The van der Waals surface area contributed by atoms with Crippen LogP contribution in [-0.2, 0) is 38.2 Å². The predicted molar refractivity (Wildman–Crippen MR) is 165 cm³/mol. The van der Waals surface area contributed by atoms with Crippen molar-refractivity contribution < 1.29 is 48.4 Å². The summed E-state index contributed by atoms with van der Waals surface area (Å²) in [6.07, 6.45) is 4.82. The molecule has 0 aromatic heterocycles. The van der Waals surface area contributed by atoms with Crippen molar-refractivity contribution in [3.05, 3.63) is 0 Å². The zero-order chi connectivity index (χ0) is 33.9. The minimum absolute atomic E-state index is 0.0258. The number of aliphatic hydroxyl groups excluding tert-OH is 1.